The van der Waals surface area contributed by atoms with Crippen LogP contribution in [0.15, 0.2) is 41.2 Å². The van der Waals surface area contributed by atoms with Crippen molar-refractivity contribution < 1.29 is 0 Å². The van der Waals surface area contributed by atoms with Crippen LogP contribution < -0.4 is 11.5 Å². The maximum atomic E-state index is 5.85. The minimum atomic E-state index is 0.412. The molecule has 4 heteroatoms. The van der Waals surface area contributed by atoms with Crippen LogP contribution >= 0.6 is 0 Å². The molecule has 0 aliphatic rings. The molecule has 20 heavy (non-hydrogen) atoms. The lowest BCUT2D eigenvalue weighted by Gasteiger charge is -2.11. The van der Waals surface area contributed by atoms with Gasteiger partial charge < -0.3 is 16.4 Å². The number of benzene rings is 1. The average Bonchev–Trinajstić information content (AvgIpc) is 2.40. The molecule has 0 unspecified atom stereocenters. The van der Waals surface area contributed by atoms with E-state index in [-0.39, 0.29) is 0 Å². The quantitative estimate of drug-likeness (QED) is 0.456. The van der Waals surface area contributed by atoms with Gasteiger partial charge in [-0.15, -0.1) is 0 Å². The summed E-state index contributed by atoms with van der Waals surface area (Å²) in [4.78, 5) is 6.12. The molecular formula is C16H26N4. The van der Waals surface area contributed by atoms with E-state index in [0.29, 0.717) is 11.7 Å². The van der Waals surface area contributed by atoms with E-state index in [1.807, 2.05) is 26.2 Å². The van der Waals surface area contributed by atoms with E-state index < -0.39 is 0 Å². The number of aliphatic imine (C=N–C) groups is 1. The van der Waals surface area contributed by atoms with Crippen molar-refractivity contribution >= 4 is 11.5 Å². The van der Waals surface area contributed by atoms with E-state index in [9.17, 15) is 0 Å². The normalized spacial score (nSPS) is 12.6. The van der Waals surface area contributed by atoms with Crippen molar-refractivity contribution in [2.24, 2.45) is 16.5 Å². The molecule has 4 nitrogen and oxygen atoms in total. The number of nitrogens with zero attached hydrogens (tertiary/aromatic N) is 2. The summed E-state index contributed by atoms with van der Waals surface area (Å²) in [7, 11) is 3.73. The molecule has 0 fully saturated rings. The van der Waals surface area contributed by atoms with E-state index >= 15 is 0 Å². The Morgan fingerprint density at radius 1 is 1.15 bits per heavy atom. The lowest BCUT2D eigenvalue weighted by atomic mass is 10.1. The predicted molar refractivity (Wildman–Crippen MR) is 86.9 cm³/mol. The van der Waals surface area contributed by atoms with Gasteiger partial charge in [0.25, 0.3) is 0 Å². The summed E-state index contributed by atoms with van der Waals surface area (Å²) >= 11 is 0. The zero-order valence-electron chi connectivity index (χ0n) is 12.8. The number of unbranched alkanes of at least 4 members (excludes halogenated alkanes) is 2. The van der Waals surface area contributed by atoms with Crippen molar-refractivity contribution in [2.75, 3.05) is 14.1 Å². The highest BCUT2D eigenvalue weighted by atomic mass is 15.1. The Morgan fingerprint density at radius 3 is 2.35 bits per heavy atom. The number of hydrogen-bond donors (Lipinski definition) is 2. The topological polar surface area (TPSA) is 67.6 Å². The Balaban J connectivity index is 2.66. The van der Waals surface area contributed by atoms with Gasteiger partial charge in [0, 0.05) is 20.2 Å². The molecule has 0 heterocycles. The summed E-state index contributed by atoms with van der Waals surface area (Å²) in [6, 6.07) is 8.21. The van der Waals surface area contributed by atoms with Crippen LogP contribution in [0.5, 0.6) is 0 Å². The second kappa shape index (κ2) is 8.25. The molecule has 0 amide bonds. The average molecular weight is 274 g/mol. The second-order valence-electron chi connectivity index (χ2n) is 5.12. The van der Waals surface area contributed by atoms with Crippen LogP contribution in [-0.4, -0.2) is 24.8 Å². The van der Waals surface area contributed by atoms with E-state index in [1.54, 1.807) is 11.0 Å². The number of aryl methyl sites for hydroxylation is 1. The van der Waals surface area contributed by atoms with Gasteiger partial charge in [0.2, 0.25) is 0 Å². The van der Waals surface area contributed by atoms with Crippen molar-refractivity contribution in [1.29, 1.82) is 0 Å². The van der Waals surface area contributed by atoms with Crippen LogP contribution in [0.25, 0.3) is 0 Å². The van der Waals surface area contributed by atoms with Gasteiger partial charge >= 0.3 is 0 Å². The molecule has 0 aliphatic carbocycles. The summed E-state index contributed by atoms with van der Waals surface area (Å²) in [6.07, 6.45) is 6.55. The molecule has 1 aromatic rings. The Morgan fingerprint density at radius 2 is 1.80 bits per heavy atom. The lowest BCUT2D eigenvalue weighted by molar-refractivity contribution is 0.506. The molecule has 0 aliphatic heterocycles. The van der Waals surface area contributed by atoms with E-state index in [1.165, 1.54) is 24.8 Å². The Labute approximate surface area is 122 Å². The van der Waals surface area contributed by atoms with Crippen molar-refractivity contribution in [1.82, 2.24) is 4.90 Å². The Bertz CT molecular complexity index is 458. The van der Waals surface area contributed by atoms with E-state index in [0.717, 1.165) is 12.1 Å². The zero-order valence-corrected chi connectivity index (χ0v) is 12.8. The maximum absolute atomic E-state index is 5.85. The highest BCUT2D eigenvalue weighted by Gasteiger charge is 1.97. The Hall–Kier alpha value is -1.97. The highest BCUT2D eigenvalue weighted by molar-refractivity contribution is 5.93. The smallest absolute Gasteiger partial charge is 0.127 e. The molecule has 1 rings (SSSR count). The minimum Gasteiger partial charge on any atom is -0.385 e. The molecule has 0 spiro atoms. The fraction of sp³-hybridized carbons (Fsp3) is 0.438. The number of nitrogens with two attached hydrogens (primary N) is 2. The third-order valence-corrected chi connectivity index (χ3v) is 3.08. The van der Waals surface area contributed by atoms with Crippen molar-refractivity contribution in [2.45, 2.75) is 32.6 Å². The van der Waals surface area contributed by atoms with Crippen LogP contribution in [0, 0.1) is 0 Å². The maximum Gasteiger partial charge on any atom is 0.127 e. The molecule has 0 saturated heterocycles. The van der Waals surface area contributed by atoms with Gasteiger partial charge in [-0.3, -0.25) is 0 Å². The largest absolute Gasteiger partial charge is 0.385 e. The molecule has 0 bridgehead atoms. The summed E-state index contributed by atoms with van der Waals surface area (Å²) < 4.78 is 0. The molecule has 110 valence electrons. The lowest BCUT2D eigenvalue weighted by Crippen LogP contribution is -2.21. The standard InChI is InChI=1S/C16H26N4/c1-4-5-6-7-13-8-10-14(11-9-13)19-15(17)12-16(18)20(2)3/h8-12H,4-7,18H2,1-3H3,(H2,17,19). The molecule has 0 saturated carbocycles. The highest BCUT2D eigenvalue weighted by Crippen LogP contribution is 2.15. The van der Waals surface area contributed by atoms with Gasteiger partial charge in [-0.1, -0.05) is 31.9 Å². The van der Waals surface area contributed by atoms with Crippen molar-refractivity contribution in [3.05, 3.63) is 41.7 Å². The molecule has 1 aromatic carbocycles. The van der Waals surface area contributed by atoms with Gasteiger partial charge in [-0.25, -0.2) is 4.99 Å². The second-order valence-corrected chi connectivity index (χ2v) is 5.12. The van der Waals surface area contributed by atoms with Crippen molar-refractivity contribution in [3.8, 4) is 0 Å². The summed E-state index contributed by atoms with van der Waals surface area (Å²) in [5.41, 5.74) is 13.8. The first-order valence-corrected chi connectivity index (χ1v) is 7.10. The Kier molecular flexibility index (Phi) is 6.64. The predicted octanol–water partition coefficient (Wildman–Crippen LogP) is 2.77. The van der Waals surface area contributed by atoms with E-state index in [4.69, 9.17) is 11.5 Å². The van der Waals surface area contributed by atoms with Crippen LogP contribution in [0.4, 0.5) is 5.69 Å². The van der Waals surface area contributed by atoms with Gasteiger partial charge in [0.1, 0.15) is 11.7 Å². The molecular weight excluding hydrogens is 248 g/mol. The summed E-state index contributed by atoms with van der Waals surface area (Å²) in [5.74, 6) is 0.998. The van der Waals surface area contributed by atoms with Crippen LogP contribution in [0.2, 0.25) is 0 Å². The van der Waals surface area contributed by atoms with Crippen LogP contribution in [0.1, 0.15) is 31.7 Å². The van der Waals surface area contributed by atoms with E-state index in [2.05, 4.69) is 24.0 Å². The first kappa shape index (κ1) is 16.1. The zero-order chi connectivity index (χ0) is 15.0. The van der Waals surface area contributed by atoms with Gasteiger partial charge in [0.15, 0.2) is 0 Å². The number of amidine groups is 1. The fourth-order valence-electron chi connectivity index (χ4n) is 1.78. The molecule has 0 aromatic heterocycles. The summed E-state index contributed by atoms with van der Waals surface area (Å²) in [6.45, 7) is 2.22. The first-order chi connectivity index (χ1) is 9.52. The summed E-state index contributed by atoms with van der Waals surface area (Å²) in [5, 5.41) is 0. The minimum absolute atomic E-state index is 0.412. The third kappa shape index (κ3) is 5.78. The van der Waals surface area contributed by atoms with Gasteiger partial charge in [-0.2, -0.15) is 0 Å². The van der Waals surface area contributed by atoms with Gasteiger partial charge in [-0.05, 0) is 30.5 Å². The fourth-order valence-corrected chi connectivity index (χ4v) is 1.78. The van der Waals surface area contributed by atoms with Gasteiger partial charge in [0.05, 0.1) is 5.69 Å². The number of rotatable bonds is 7. The molecule has 4 N–H and O–H groups in total. The SMILES string of the molecule is CCCCCc1ccc(N=C(N)C=C(N)N(C)C)cc1. The molecule has 0 radical (unpaired) electrons. The third-order valence-electron chi connectivity index (χ3n) is 3.08. The van der Waals surface area contributed by atoms with Crippen LogP contribution in [-0.2, 0) is 6.42 Å². The first-order valence-electron chi connectivity index (χ1n) is 7.10. The monoisotopic (exact) mass is 274 g/mol. The number of hydrogen-bond acceptors (Lipinski definition) is 3. The van der Waals surface area contributed by atoms with Crippen molar-refractivity contribution in [3.63, 3.8) is 0 Å². The molecule has 0 atom stereocenters. The van der Waals surface area contributed by atoms with Crippen LogP contribution in [0.3, 0.4) is 0 Å².